The molecular formula is C12H13F3NO. The van der Waals surface area contributed by atoms with Crippen molar-refractivity contribution in [3.05, 3.63) is 35.4 Å². The largest absolute Gasteiger partial charge is 0.417 e. The normalized spacial score (nSPS) is 18.3. The minimum Gasteiger partial charge on any atom is -0.379 e. The first-order chi connectivity index (χ1) is 8.07. The molecule has 1 heterocycles. The van der Waals surface area contributed by atoms with Gasteiger partial charge in [0, 0.05) is 19.6 Å². The van der Waals surface area contributed by atoms with Crippen molar-refractivity contribution in [1.82, 2.24) is 4.90 Å². The summed E-state index contributed by atoms with van der Waals surface area (Å²) in [7, 11) is 0. The van der Waals surface area contributed by atoms with Crippen molar-refractivity contribution >= 4 is 0 Å². The quantitative estimate of drug-likeness (QED) is 0.791. The zero-order valence-corrected chi connectivity index (χ0v) is 9.26. The van der Waals surface area contributed by atoms with Gasteiger partial charge >= 0.3 is 6.18 Å². The van der Waals surface area contributed by atoms with Gasteiger partial charge in [0.15, 0.2) is 0 Å². The van der Waals surface area contributed by atoms with Gasteiger partial charge in [0.25, 0.3) is 0 Å². The van der Waals surface area contributed by atoms with E-state index in [0.717, 1.165) is 0 Å². The Morgan fingerprint density at radius 2 is 2.00 bits per heavy atom. The van der Waals surface area contributed by atoms with Gasteiger partial charge in [-0.1, -0.05) is 18.2 Å². The second kappa shape index (κ2) is 5.06. The van der Waals surface area contributed by atoms with E-state index in [9.17, 15) is 13.2 Å². The van der Waals surface area contributed by atoms with Gasteiger partial charge in [-0.05, 0) is 11.6 Å². The number of benzene rings is 1. The highest BCUT2D eigenvalue weighted by molar-refractivity contribution is 5.28. The molecule has 0 amide bonds. The summed E-state index contributed by atoms with van der Waals surface area (Å²) in [4.78, 5) is 1.96. The summed E-state index contributed by atoms with van der Waals surface area (Å²) in [6, 6.07) is 6.68. The van der Waals surface area contributed by atoms with Gasteiger partial charge in [0.2, 0.25) is 0 Å². The molecule has 0 spiro atoms. The molecule has 1 aliphatic rings. The first-order valence-electron chi connectivity index (χ1n) is 5.44. The second-order valence-corrected chi connectivity index (χ2v) is 3.96. The molecule has 0 N–H and O–H groups in total. The topological polar surface area (TPSA) is 12.5 Å². The van der Waals surface area contributed by atoms with Gasteiger partial charge in [-0.25, -0.2) is 0 Å². The SMILES string of the molecule is FC(F)(F)c1[c]cccc1CN1CCOCC1. The molecule has 0 aromatic heterocycles. The maximum Gasteiger partial charge on any atom is 0.417 e. The third kappa shape index (κ3) is 3.20. The molecule has 0 saturated carbocycles. The molecule has 17 heavy (non-hydrogen) atoms. The van der Waals surface area contributed by atoms with E-state index < -0.39 is 11.7 Å². The van der Waals surface area contributed by atoms with E-state index in [2.05, 4.69) is 6.07 Å². The van der Waals surface area contributed by atoms with Crippen LogP contribution in [0.4, 0.5) is 13.2 Å². The van der Waals surface area contributed by atoms with Crippen LogP contribution in [0.5, 0.6) is 0 Å². The molecule has 1 aromatic rings. The van der Waals surface area contributed by atoms with Crippen LogP contribution in [0.25, 0.3) is 0 Å². The van der Waals surface area contributed by atoms with Gasteiger partial charge in [-0.3, -0.25) is 4.90 Å². The summed E-state index contributed by atoms with van der Waals surface area (Å²) < 4.78 is 43.3. The molecule has 1 radical (unpaired) electrons. The molecule has 0 atom stereocenters. The third-order valence-electron chi connectivity index (χ3n) is 2.72. The molecule has 1 aromatic carbocycles. The summed E-state index contributed by atoms with van der Waals surface area (Å²) in [6.45, 7) is 2.81. The Balaban J connectivity index is 2.14. The van der Waals surface area contributed by atoms with E-state index >= 15 is 0 Å². The van der Waals surface area contributed by atoms with Crippen molar-refractivity contribution in [2.24, 2.45) is 0 Å². The molecule has 1 fully saturated rings. The number of hydrogen-bond acceptors (Lipinski definition) is 2. The van der Waals surface area contributed by atoms with Crippen LogP contribution < -0.4 is 0 Å². The fourth-order valence-electron chi connectivity index (χ4n) is 1.87. The fraction of sp³-hybridized carbons (Fsp3) is 0.500. The van der Waals surface area contributed by atoms with Crippen LogP contribution >= 0.6 is 0 Å². The van der Waals surface area contributed by atoms with Crippen molar-refractivity contribution in [2.75, 3.05) is 26.3 Å². The highest BCUT2D eigenvalue weighted by Gasteiger charge is 2.33. The third-order valence-corrected chi connectivity index (χ3v) is 2.72. The lowest BCUT2D eigenvalue weighted by atomic mass is 10.1. The molecule has 1 saturated heterocycles. The van der Waals surface area contributed by atoms with E-state index in [1.807, 2.05) is 4.90 Å². The summed E-state index contributed by atoms with van der Waals surface area (Å²) in [6.07, 6.45) is -4.33. The van der Waals surface area contributed by atoms with E-state index in [4.69, 9.17) is 4.74 Å². The van der Waals surface area contributed by atoms with Crippen molar-refractivity contribution in [3.63, 3.8) is 0 Å². The van der Waals surface area contributed by atoms with Crippen LogP contribution in [0, 0.1) is 6.07 Å². The highest BCUT2D eigenvalue weighted by atomic mass is 19.4. The van der Waals surface area contributed by atoms with Crippen molar-refractivity contribution in [2.45, 2.75) is 12.7 Å². The number of halogens is 3. The predicted octanol–water partition coefficient (Wildman–Crippen LogP) is 2.34. The molecule has 0 unspecified atom stereocenters. The maximum absolute atomic E-state index is 12.7. The summed E-state index contributed by atoms with van der Waals surface area (Å²) in [5.74, 6) is 0. The fourth-order valence-corrected chi connectivity index (χ4v) is 1.87. The number of rotatable bonds is 2. The molecule has 0 bridgehead atoms. The van der Waals surface area contributed by atoms with Crippen molar-refractivity contribution in [1.29, 1.82) is 0 Å². The lowest BCUT2D eigenvalue weighted by Gasteiger charge is -2.27. The molecular weight excluding hydrogens is 231 g/mol. The molecule has 1 aliphatic heterocycles. The zero-order valence-electron chi connectivity index (χ0n) is 9.26. The Morgan fingerprint density at radius 3 is 2.65 bits per heavy atom. The highest BCUT2D eigenvalue weighted by Crippen LogP contribution is 2.32. The number of alkyl halides is 3. The number of morpholine rings is 1. The minimum atomic E-state index is -4.33. The summed E-state index contributed by atoms with van der Waals surface area (Å²) in [5.41, 5.74) is -0.381. The maximum atomic E-state index is 12.7. The van der Waals surface area contributed by atoms with Crippen LogP contribution in [0.3, 0.4) is 0 Å². The molecule has 5 heteroatoms. The van der Waals surface area contributed by atoms with Gasteiger partial charge in [0.05, 0.1) is 18.8 Å². The van der Waals surface area contributed by atoms with E-state index in [0.29, 0.717) is 32.8 Å². The zero-order chi connectivity index (χ0) is 12.3. The average molecular weight is 244 g/mol. The molecule has 2 nitrogen and oxygen atoms in total. The van der Waals surface area contributed by atoms with E-state index in [-0.39, 0.29) is 5.56 Å². The van der Waals surface area contributed by atoms with Gasteiger partial charge in [-0.2, -0.15) is 13.2 Å². The molecule has 0 aliphatic carbocycles. The number of nitrogens with zero attached hydrogens (tertiary/aromatic N) is 1. The van der Waals surface area contributed by atoms with Crippen molar-refractivity contribution < 1.29 is 17.9 Å². The Labute approximate surface area is 98.0 Å². The Bertz CT molecular complexity index is 372. The Morgan fingerprint density at radius 1 is 1.29 bits per heavy atom. The number of hydrogen-bond donors (Lipinski definition) is 0. The predicted molar refractivity (Wildman–Crippen MR) is 56.4 cm³/mol. The monoisotopic (exact) mass is 244 g/mol. The molecule has 2 rings (SSSR count). The van der Waals surface area contributed by atoms with Crippen molar-refractivity contribution in [3.8, 4) is 0 Å². The van der Waals surface area contributed by atoms with Crippen LogP contribution in [0.2, 0.25) is 0 Å². The summed E-state index contributed by atoms with van der Waals surface area (Å²) >= 11 is 0. The smallest absolute Gasteiger partial charge is 0.379 e. The van der Waals surface area contributed by atoms with Crippen LogP contribution in [-0.2, 0) is 17.5 Å². The van der Waals surface area contributed by atoms with E-state index in [1.165, 1.54) is 12.1 Å². The minimum absolute atomic E-state index is 0.280. The van der Waals surface area contributed by atoms with Crippen LogP contribution in [0.1, 0.15) is 11.1 Å². The first-order valence-corrected chi connectivity index (χ1v) is 5.44. The van der Waals surface area contributed by atoms with Gasteiger partial charge in [0.1, 0.15) is 0 Å². The first kappa shape index (κ1) is 12.4. The lowest BCUT2D eigenvalue weighted by Crippen LogP contribution is -2.36. The number of ether oxygens (including phenoxy) is 1. The average Bonchev–Trinajstić information content (AvgIpc) is 2.30. The standard InChI is InChI=1S/C12H13F3NO/c13-12(14,15)11-4-2-1-3-10(11)9-16-5-7-17-8-6-16/h1-3H,5-9H2. The second-order valence-electron chi connectivity index (χ2n) is 3.96. The van der Waals surface area contributed by atoms with Crippen LogP contribution in [-0.4, -0.2) is 31.2 Å². The molecule has 93 valence electrons. The lowest BCUT2D eigenvalue weighted by molar-refractivity contribution is -0.138. The Hall–Kier alpha value is -1.07. The van der Waals surface area contributed by atoms with Crippen LogP contribution in [0.15, 0.2) is 18.2 Å². The summed E-state index contributed by atoms with van der Waals surface area (Å²) in [5, 5.41) is 0. The van der Waals surface area contributed by atoms with Gasteiger partial charge in [-0.15, -0.1) is 0 Å². The van der Waals surface area contributed by atoms with E-state index in [1.54, 1.807) is 6.07 Å². The van der Waals surface area contributed by atoms with Gasteiger partial charge < -0.3 is 4.74 Å². The Kier molecular flexibility index (Phi) is 3.69.